The summed E-state index contributed by atoms with van der Waals surface area (Å²) in [6, 6.07) is 16.7. The predicted octanol–water partition coefficient (Wildman–Crippen LogP) is 9.41. The minimum atomic E-state index is 0.142. The highest BCUT2D eigenvalue weighted by Crippen LogP contribution is 2.19. The van der Waals surface area contributed by atoms with Crippen LogP contribution in [0.5, 0.6) is 0 Å². The van der Waals surface area contributed by atoms with Gasteiger partial charge in [0.05, 0.1) is 11.6 Å². The number of ketones is 1. The number of nitrogens with zero attached hydrogens (tertiary/aromatic N) is 2. The largest absolute Gasteiger partial charge is 0.311 e. The number of carbonyl (C=O) groups excluding carboxylic acids is 1. The van der Waals surface area contributed by atoms with Crippen molar-refractivity contribution in [3.05, 3.63) is 114 Å². The summed E-state index contributed by atoms with van der Waals surface area (Å²) in [5.41, 5.74) is 7.59. The van der Waals surface area contributed by atoms with E-state index in [4.69, 9.17) is 5.84 Å². The predicted molar refractivity (Wildman–Crippen MR) is 187 cm³/mol. The van der Waals surface area contributed by atoms with Gasteiger partial charge >= 0.3 is 0 Å². The van der Waals surface area contributed by atoms with Crippen LogP contribution in [0.1, 0.15) is 101 Å². The van der Waals surface area contributed by atoms with Crippen LogP contribution in [0.3, 0.4) is 0 Å². The first-order valence-electron chi connectivity index (χ1n) is 15.6. The molecular weight excluding hydrogens is 528 g/mol. The minimum absolute atomic E-state index is 0.142. The van der Waals surface area contributed by atoms with Crippen LogP contribution >= 0.6 is 0 Å². The van der Waals surface area contributed by atoms with Gasteiger partial charge < -0.3 is 10.3 Å². The van der Waals surface area contributed by atoms with Crippen LogP contribution in [0, 0.1) is 13.8 Å². The standard InChI is InChI=1S/C25H36N4.C10H12O.C3H8/c1-6-8-12-25(19(3)10-7-2)29(26)18-20(4)21(5)28-17-22-13-14-24-23(16-22)11-9-15-27-24;1-7-5-4-6-8(2)10(7)9(3)11;1-3-2/h7,9,11,13-16,18,21,25,28H,2-3,6,8,10,12,17,26H2,1,4-5H3;4-6H,1-3H3;3H2,1-2H3/b20-18+;;. The highest BCUT2D eigenvalue weighted by Gasteiger charge is 2.16. The van der Waals surface area contributed by atoms with E-state index in [0.29, 0.717) is 0 Å². The maximum atomic E-state index is 11.1. The Labute approximate surface area is 262 Å². The molecule has 0 spiro atoms. The van der Waals surface area contributed by atoms with Crippen molar-refractivity contribution in [2.75, 3.05) is 0 Å². The molecule has 0 amide bonds. The summed E-state index contributed by atoms with van der Waals surface area (Å²) < 4.78 is 0. The Bertz CT molecular complexity index is 1310. The van der Waals surface area contributed by atoms with E-state index < -0.39 is 0 Å². The molecule has 0 bridgehead atoms. The van der Waals surface area contributed by atoms with Crippen molar-refractivity contribution in [2.45, 2.75) is 106 Å². The van der Waals surface area contributed by atoms with Gasteiger partial charge in [0.1, 0.15) is 0 Å². The minimum Gasteiger partial charge on any atom is -0.311 e. The summed E-state index contributed by atoms with van der Waals surface area (Å²) in [7, 11) is 0. The van der Waals surface area contributed by atoms with Gasteiger partial charge in [-0.15, -0.1) is 6.58 Å². The molecule has 43 heavy (non-hydrogen) atoms. The highest BCUT2D eigenvalue weighted by molar-refractivity contribution is 5.96. The van der Waals surface area contributed by atoms with Gasteiger partial charge in [-0.1, -0.05) is 83.0 Å². The number of hydrogen-bond acceptors (Lipinski definition) is 5. The molecule has 0 aliphatic rings. The van der Waals surface area contributed by atoms with E-state index in [2.05, 4.69) is 88.5 Å². The van der Waals surface area contributed by atoms with E-state index in [9.17, 15) is 4.79 Å². The van der Waals surface area contributed by atoms with Crippen molar-refractivity contribution in [1.29, 1.82) is 0 Å². The number of Topliss-reactive ketones (excluding diaryl/α,β-unsaturated/α-hetero) is 1. The molecule has 234 valence electrons. The van der Waals surface area contributed by atoms with Crippen LogP contribution < -0.4 is 11.2 Å². The van der Waals surface area contributed by atoms with Gasteiger partial charge in [0.15, 0.2) is 5.78 Å². The fraction of sp³-hybridized carbons (Fsp3) is 0.421. The number of nitrogens with two attached hydrogens (primary N) is 1. The number of allylic oxidation sites excluding steroid dienone is 1. The molecule has 3 aromatic rings. The lowest BCUT2D eigenvalue weighted by Gasteiger charge is -2.29. The number of rotatable bonds is 13. The molecule has 5 nitrogen and oxygen atoms in total. The van der Waals surface area contributed by atoms with Gasteiger partial charge in [-0.3, -0.25) is 9.78 Å². The third kappa shape index (κ3) is 13.1. The fourth-order valence-electron chi connectivity index (χ4n) is 4.76. The lowest BCUT2D eigenvalue weighted by molar-refractivity contribution is 0.101. The molecule has 0 radical (unpaired) electrons. The van der Waals surface area contributed by atoms with Gasteiger partial charge in [-0.2, -0.15) is 0 Å². The highest BCUT2D eigenvalue weighted by atomic mass is 16.1. The number of hydrogen-bond donors (Lipinski definition) is 2. The number of aryl methyl sites for hydroxylation is 2. The van der Waals surface area contributed by atoms with E-state index in [1.54, 1.807) is 6.92 Å². The third-order valence-electron chi connectivity index (χ3n) is 7.22. The van der Waals surface area contributed by atoms with Gasteiger partial charge in [-0.05, 0) is 93.5 Å². The molecule has 0 fully saturated rings. The first kappa shape index (κ1) is 37.5. The molecule has 2 atom stereocenters. The zero-order valence-electron chi connectivity index (χ0n) is 28.0. The van der Waals surface area contributed by atoms with Crippen molar-refractivity contribution in [3.8, 4) is 0 Å². The zero-order valence-corrected chi connectivity index (χ0v) is 28.0. The van der Waals surface area contributed by atoms with Gasteiger partial charge in [0.2, 0.25) is 0 Å². The fourth-order valence-corrected chi connectivity index (χ4v) is 4.76. The first-order chi connectivity index (χ1) is 20.5. The maximum absolute atomic E-state index is 11.1. The van der Waals surface area contributed by atoms with Crippen LogP contribution in [0.4, 0.5) is 0 Å². The van der Waals surface area contributed by atoms with Crippen LogP contribution in [0.15, 0.2) is 91.3 Å². The number of pyridine rings is 1. The molecule has 2 unspecified atom stereocenters. The van der Waals surface area contributed by atoms with Crippen molar-refractivity contribution in [1.82, 2.24) is 15.3 Å². The Morgan fingerprint density at radius 3 is 2.28 bits per heavy atom. The van der Waals surface area contributed by atoms with Gasteiger partial charge in [0, 0.05) is 35.9 Å². The van der Waals surface area contributed by atoms with Gasteiger partial charge in [-0.25, -0.2) is 5.84 Å². The monoisotopic (exact) mass is 584 g/mol. The first-order valence-corrected chi connectivity index (χ1v) is 15.6. The third-order valence-corrected chi connectivity index (χ3v) is 7.22. The Morgan fingerprint density at radius 1 is 1.07 bits per heavy atom. The molecular formula is C38H56N4O. The van der Waals surface area contributed by atoms with E-state index in [-0.39, 0.29) is 17.9 Å². The lowest BCUT2D eigenvalue weighted by Crippen LogP contribution is -2.39. The Hall–Kier alpha value is -3.54. The topological polar surface area (TPSA) is 71.2 Å². The van der Waals surface area contributed by atoms with Crippen LogP contribution in [0.2, 0.25) is 0 Å². The second-order valence-electron chi connectivity index (χ2n) is 11.3. The lowest BCUT2D eigenvalue weighted by atomic mass is 9.99. The summed E-state index contributed by atoms with van der Waals surface area (Å²) in [6.07, 6.45) is 11.1. The van der Waals surface area contributed by atoms with E-state index in [1.807, 2.05) is 55.4 Å². The molecule has 0 aliphatic carbocycles. The molecule has 5 heteroatoms. The van der Waals surface area contributed by atoms with E-state index in [1.165, 1.54) is 22.9 Å². The SMILES string of the molecule is C=CCC(=C)C(CCCC)N(N)/C=C(\C)C(C)NCc1ccc2ncccc2c1.CC(=O)c1c(C)cccc1C.CCC. The molecule has 0 saturated carbocycles. The summed E-state index contributed by atoms with van der Waals surface area (Å²) in [5.74, 6) is 6.58. The van der Waals surface area contributed by atoms with Crippen LogP contribution in [-0.4, -0.2) is 27.9 Å². The normalized spacial score (nSPS) is 12.3. The maximum Gasteiger partial charge on any atom is 0.160 e. The van der Waals surface area contributed by atoms with Crippen LogP contribution in [-0.2, 0) is 6.54 Å². The second-order valence-corrected chi connectivity index (χ2v) is 11.3. The molecule has 0 aliphatic heterocycles. The summed E-state index contributed by atoms with van der Waals surface area (Å²) in [5, 5.41) is 6.59. The smallest absolute Gasteiger partial charge is 0.160 e. The van der Waals surface area contributed by atoms with Crippen molar-refractivity contribution >= 4 is 16.7 Å². The Morgan fingerprint density at radius 2 is 1.72 bits per heavy atom. The van der Waals surface area contributed by atoms with E-state index in [0.717, 1.165) is 60.0 Å². The van der Waals surface area contributed by atoms with Crippen molar-refractivity contribution in [2.24, 2.45) is 5.84 Å². The van der Waals surface area contributed by atoms with Crippen molar-refractivity contribution < 1.29 is 4.79 Å². The number of carbonyl (C=O) groups is 1. The average Bonchev–Trinajstić information content (AvgIpc) is 2.96. The second kappa shape index (κ2) is 20.4. The molecule has 2 aromatic carbocycles. The quantitative estimate of drug-likeness (QED) is 0.0906. The summed E-state index contributed by atoms with van der Waals surface area (Å²) in [4.78, 5) is 15.5. The molecule has 1 heterocycles. The molecule has 0 saturated heterocycles. The average molecular weight is 585 g/mol. The van der Waals surface area contributed by atoms with E-state index >= 15 is 0 Å². The summed E-state index contributed by atoms with van der Waals surface area (Å²) in [6.45, 7) is 25.1. The number of fused-ring (bicyclic) bond motifs is 1. The molecule has 1 aromatic heterocycles. The number of nitrogens with one attached hydrogen (secondary N) is 1. The summed E-state index contributed by atoms with van der Waals surface area (Å²) >= 11 is 0. The van der Waals surface area contributed by atoms with Crippen LogP contribution in [0.25, 0.3) is 10.9 Å². The number of aromatic nitrogens is 1. The number of benzene rings is 2. The number of unbranched alkanes of at least 4 members (excludes halogenated alkanes) is 1. The van der Waals surface area contributed by atoms with Gasteiger partial charge in [0.25, 0.3) is 0 Å². The van der Waals surface area contributed by atoms with Crippen molar-refractivity contribution in [3.63, 3.8) is 0 Å². The molecule has 3 N–H and O–H groups in total. The number of hydrazine groups is 1. The molecule has 3 rings (SSSR count). The zero-order chi connectivity index (χ0) is 32.4. The Balaban J connectivity index is 0.000000545. The Kier molecular flexibility index (Phi) is 17.8.